The first kappa shape index (κ1) is 13.0. The summed E-state index contributed by atoms with van der Waals surface area (Å²) in [4.78, 5) is 7.94. The number of nitrogens with zero attached hydrogens (tertiary/aromatic N) is 1. The second-order valence-corrected chi connectivity index (χ2v) is 5.52. The second kappa shape index (κ2) is 4.83. The number of aromatic nitrogens is 2. The van der Waals surface area contributed by atoms with Crippen LogP contribution in [0.25, 0.3) is 22.4 Å². The first-order valence-electron chi connectivity index (χ1n) is 6.18. The average molecular weight is 332 g/mol. The van der Waals surface area contributed by atoms with Crippen LogP contribution in [0.4, 0.5) is 5.69 Å². The summed E-state index contributed by atoms with van der Waals surface area (Å²) in [7, 11) is 1.65. The number of rotatable bonds is 2. The Morgan fingerprint density at radius 1 is 1.25 bits per heavy atom. The van der Waals surface area contributed by atoms with Gasteiger partial charge in [-0.1, -0.05) is 0 Å². The molecule has 0 radical (unpaired) electrons. The molecule has 0 aliphatic rings. The van der Waals surface area contributed by atoms with Crippen LogP contribution in [0.1, 0.15) is 5.56 Å². The molecule has 20 heavy (non-hydrogen) atoms. The molecule has 0 fully saturated rings. The van der Waals surface area contributed by atoms with Gasteiger partial charge in [0.2, 0.25) is 0 Å². The molecular formula is C15H14BrN3O. The van der Waals surface area contributed by atoms with Crippen molar-refractivity contribution in [2.24, 2.45) is 0 Å². The summed E-state index contributed by atoms with van der Waals surface area (Å²) >= 11 is 3.52. The SMILES string of the molecule is COc1cc(Br)c2nc(-c3ccc(N)c(C)c3)[nH]c2c1. The maximum Gasteiger partial charge on any atom is 0.138 e. The number of methoxy groups -OCH3 is 1. The Bertz CT molecular complexity index is 795. The molecule has 0 atom stereocenters. The molecular weight excluding hydrogens is 318 g/mol. The van der Waals surface area contributed by atoms with Gasteiger partial charge in [-0.2, -0.15) is 0 Å². The van der Waals surface area contributed by atoms with Gasteiger partial charge in [-0.3, -0.25) is 0 Å². The molecule has 4 nitrogen and oxygen atoms in total. The summed E-state index contributed by atoms with van der Waals surface area (Å²) in [5.41, 5.74) is 10.5. The van der Waals surface area contributed by atoms with Crippen LogP contribution in [0, 0.1) is 6.92 Å². The molecule has 1 aromatic heterocycles. The normalized spacial score (nSPS) is 10.9. The van der Waals surface area contributed by atoms with Crippen LogP contribution in [0.15, 0.2) is 34.8 Å². The van der Waals surface area contributed by atoms with Crippen LogP contribution in [-0.2, 0) is 0 Å². The van der Waals surface area contributed by atoms with Crippen molar-refractivity contribution in [2.45, 2.75) is 6.92 Å². The number of benzene rings is 2. The Labute approximate surface area is 125 Å². The zero-order chi connectivity index (χ0) is 14.3. The number of ether oxygens (including phenoxy) is 1. The van der Waals surface area contributed by atoms with Gasteiger partial charge in [0.25, 0.3) is 0 Å². The second-order valence-electron chi connectivity index (χ2n) is 4.66. The van der Waals surface area contributed by atoms with Crippen molar-refractivity contribution in [3.8, 4) is 17.1 Å². The Hall–Kier alpha value is -2.01. The molecule has 3 N–H and O–H groups in total. The summed E-state index contributed by atoms with van der Waals surface area (Å²) in [6.45, 7) is 1.99. The van der Waals surface area contributed by atoms with Crippen molar-refractivity contribution in [3.63, 3.8) is 0 Å². The minimum absolute atomic E-state index is 0.785. The molecule has 0 aliphatic heterocycles. The van der Waals surface area contributed by atoms with E-state index in [1.54, 1.807) is 7.11 Å². The number of anilines is 1. The molecule has 3 rings (SSSR count). The highest BCUT2D eigenvalue weighted by molar-refractivity contribution is 9.10. The van der Waals surface area contributed by atoms with Crippen LogP contribution in [0.5, 0.6) is 5.75 Å². The quantitative estimate of drug-likeness (QED) is 0.700. The van der Waals surface area contributed by atoms with Gasteiger partial charge in [-0.25, -0.2) is 4.98 Å². The van der Waals surface area contributed by atoms with Gasteiger partial charge in [-0.15, -0.1) is 0 Å². The molecule has 102 valence electrons. The number of halogens is 1. The van der Waals surface area contributed by atoms with E-state index in [-0.39, 0.29) is 0 Å². The van der Waals surface area contributed by atoms with E-state index in [1.165, 1.54) is 0 Å². The van der Waals surface area contributed by atoms with Crippen LogP contribution in [0.3, 0.4) is 0 Å². The first-order chi connectivity index (χ1) is 9.58. The predicted octanol–water partition coefficient (Wildman–Crippen LogP) is 3.89. The van der Waals surface area contributed by atoms with Gasteiger partial charge in [0.05, 0.1) is 12.6 Å². The molecule has 2 aromatic carbocycles. The van der Waals surface area contributed by atoms with Crippen molar-refractivity contribution < 1.29 is 4.74 Å². The number of aromatic amines is 1. The average Bonchev–Trinajstić information content (AvgIpc) is 2.86. The van der Waals surface area contributed by atoms with E-state index >= 15 is 0 Å². The number of nitrogens with two attached hydrogens (primary N) is 1. The van der Waals surface area contributed by atoms with Crippen LogP contribution in [-0.4, -0.2) is 17.1 Å². The third-order valence-electron chi connectivity index (χ3n) is 3.29. The standard InChI is InChI=1S/C15H14BrN3O/c1-8-5-9(3-4-12(8)17)15-18-13-7-10(20-2)6-11(16)14(13)19-15/h3-7H,17H2,1-2H3,(H,18,19). The van der Waals surface area contributed by atoms with E-state index in [4.69, 9.17) is 10.5 Å². The number of nitrogens with one attached hydrogen (secondary N) is 1. The lowest BCUT2D eigenvalue weighted by Gasteiger charge is -2.01. The molecule has 0 unspecified atom stereocenters. The summed E-state index contributed by atoms with van der Waals surface area (Å²) in [6.07, 6.45) is 0. The Balaban J connectivity index is 2.17. The monoisotopic (exact) mass is 331 g/mol. The first-order valence-corrected chi connectivity index (χ1v) is 6.97. The molecule has 0 amide bonds. The summed E-state index contributed by atoms with van der Waals surface area (Å²) in [6, 6.07) is 9.72. The molecule has 3 aromatic rings. The minimum Gasteiger partial charge on any atom is -0.497 e. The minimum atomic E-state index is 0.785. The maximum absolute atomic E-state index is 5.85. The van der Waals surface area contributed by atoms with E-state index in [9.17, 15) is 0 Å². The van der Waals surface area contributed by atoms with Gasteiger partial charge in [0, 0.05) is 21.8 Å². The fourth-order valence-electron chi connectivity index (χ4n) is 2.13. The number of fused-ring (bicyclic) bond motifs is 1. The lowest BCUT2D eigenvalue weighted by Crippen LogP contribution is -1.90. The molecule has 0 aliphatic carbocycles. The molecule has 0 bridgehead atoms. The van der Waals surface area contributed by atoms with Gasteiger partial charge in [0.15, 0.2) is 0 Å². The van der Waals surface area contributed by atoms with Crippen LogP contribution < -0.4 is 10.5 Å². The number of hydrogen-bond donors (Lipinski definition) is 2. The number of aryl methyl sites for hydroxylation is 1. The third kappa shape index (κ3) is 2.14. The Morgan fingerprint density at radius 3 is 2.75 bits per heavy atom. The number of imidazole rings is 1. The molecule has 1 heterocycles. The highest BCUT2D eigenvalue weighted by Crippen LogP contribution is 2.31. The zero-order valence-corrected chi connectivity index (χ0v) is 12.8. The molecule has 0 saturated heterocycles. The van der Waals surface area contributed by atoms with Gasteiger partial charge in [0.1, 0.15) is 17.1 Å². The van der Waals surface area contributed by atoms with Crippen molar-refractivity contribution in [2.75, 3.05) is 12.8 Å². The van der Waals surface area contributed by atoms with E-state index in [0.29, 0.717) is 0 Å². The van der Waals surface area contributed by atoms with Crippen molar-refractivity contribution in [1.82, 2.24) is 9.97 Å². The van der Waals surface area contributed by atoms with E-state index in [0.717, 1.165) is 43.9 Å². The fourth-order valence-corrected chi connectivity index (χ4v) is 2.66. The van der Waals surface area contributed by atoms with Gasteiger partial charge >= 0.3 is 0 Å². The number of hydrogen-bond acceptors (Lipinski definition) is 3. The van der Waals surface area contributed by atoms with Crippen LogP contribution in [0.2, 0.25) is 0 Å². The maximum atomic E-state index is 5.85. The predicted molar refractivity (Wildman–Crippen MR) is 84.9 cm³/mol. The Morgan fingerprint density at radius 2 is 2.05 bits per heavy atom. The van der Waals surface area contributed by atoms with Crippen molar-refractivity contribution in [1.29, 1.82) is 0 Å². The highest BCUT2D eigenvalue weighted by atomic mass is 79.9. The largest absolute Gasteiger partial charge is 0.497 e. The topological polar surface area (TPSA) is 63.9 Å². The molecule has 0 spiro atoms. The highest BCUT2D eigenvalue weighted by Gasteiger charge is 2.10. The van der Waals surface area contributed by atoms with Crippen molar-refractivity contribution in [3.05, 3.63) is 40.4 Å². The van der Waals surface area contributed by atoms with Crippen LogP contribution >= 0.6 is 15.9 Å². The summed E-state index contributed by atoms with van der Waals surface area (Å²) in [5.74, 6) is 1.60. The fraction of sp³-hybridized carbons (Fsp3) is 0.133. The van der Waals surface area contributed by atoms with Crippen molar-refractivity contribution >= 4 is 32.7 Å². The molecule has 5 heteroatoms. The zero-order valence-electron chi connectivity index (χ0n) is 11.2. The number of H-pyrrole nitrogens is 1. The smallest absolute Gasteiger partial charge is 0.138 e. The van der Waals surface area contributed by atoms with Gasteiger partial charge < -0.3 is 15.5 Å². The lowest BCUT2D eigenvalue weighted by atomic mass is 10.1. The summed E-state index contributed by atoms with van der Waals surface area (Å²) < 4.78 is 6.16. The van der Waals surface area contributed by atoms with Gasteiger partial charge in [-0.05, 0) is 52.7 Å². The number of nitrogen functional groups attached to an aromatic ring is 1. The third-order valence-corrected chi connectivity index (χ3v) is 3.90. The van der Waals surface area contributed by atoms with E-state index in [1.807, 2.05) is 37.3 Å². The van der Waals surface area contributed by atoms with E-state index in [2.05, 4.69) is 25.9 Å². The Kier molecular flexibility index (Phi) is 3.14. The summed E-state index contributed by atoms with van der Waals surface area (Å²) in [5, 5.41) is 0. The lowest BCUT2D eigenvalue weighted by molar-refractivity contribution is 0.415. The van der Waals surface area contributed by atoms with E-state index < -0.39 is 0 Å². The molecule has 0 saturated carbocycles.